The average Bonchev–Trinajstić information content (AvgIpc) is 2.25. The molecule has 0 saturated heterocycles. The SMILES string of the molecule is C=CC(=O)OCCCCCCCCP(=O)(O)O. The van der Waals surface area contributed by atoms with Crippen molar-refractivity contribution in [3.63, 3.8) is 0 Å². The third-order valence-corrected chi connectivity index (χ3v) is 3.15. The Balaban J connectivity index is 3.17. The van der Waals surface area contributed by atoms with Crippen LogP contribution in [0.2, 0.25) is 0 Å². The van der Waals surface area contributed by atoms with E-state index in [0.717, 1.165) is 38.2 Å². The number of esters is 1. The van der Waals surface area contributed by atoms with Gasteiger partial charge in [0.15, 0.2) is 0 Å². The minimum absolute atomic E-state index is 0.0239. The van der Waals surface area contributed by atoms with Crippen LogP contribution in [-0.2, 0) is 14.1 Å². The van der Waals surface area contributed by atoms with Gasteiger partial charge in [-0.15, -0.1) is 0 Å². The first-order valence-corrected chi connectivity index (χ1v) is 7.59. The molecule has 0 atom stereocenters. The van der Waals surface area contributed by atoms with E-state index in [4.69, 9.17) is 14.5 Å². The molecule has 0 fully saturated rings. The monoisotopic (exact) mass is 264 g/mol. The highest BCUT2D eigenvalue weighted by Crippen LogP contribution is 2.35. The molecule has 0 aromatic heterocycles. The first-order chi connectivity index (χ1) is 7.95. The van der Waals surface area contributed by atoms with Crippen LogP contribution in [0.15, 0.2) is 12.7 Å². The van der Waals surface area contributed by atoms with E-state index in [9.17, 15) is 9.36 Å². The van der Waals surface area contributed by atoms with Crippen LogP contribution in [0.3, 0.4) is 0 Å². The average molecular weight is 264 g/mol. The highest BCUT2D eigenvalue weighted by atomic mass is 31.2. The maximum atomic E-state index is 10.7. The van der Waals surface area contributed by atoms with Gasteiger partial charge in [0.1, 0.15) is 0 Å². The summed E-state index contributed by atoms with van der Waals surface area (Å²) in [5, 5.41) is 0. The summed E-state index contributed by atoms with van der Waals surface area (Å²) in [5.74, 6) is -0.397. The van der Waals surface area contributed by atoms with E-state index in [2.05, 4.69) is 6.58 Å². The molecule has 0 aromatic rings. The highest BCUT2D eigenvalue weighted by Gasteiger charge is 2.10. The third-order valence-electron chi connectivity index (χ3n) is 2.25. The van der Waals surface area contributed by atoms with Crippen molar-refractivity contribution in [2.75, 3.05) is 12.8 Å². The second-order valence-electron chi connectivity index (χ2n) is 3.88. The quantitative estimate of drug-likeness (QED) is 0.273. The molecule has 0 aliphatic carbocycles. The zero-order valence-electron chi connectivity index (χ0n) is 10.0. The van der Waals surface area contributed by atoms with Crippen molar-refractivity contribution in [3.8, 4) is 0 Å². The molecule has 0 unspecified atom stereocenters. The van der Waals surface area contributed by atoms with E-state index in [1.807, 2.05) is 0 Å². The summed E-state index contributed by atoms with van der Waals surface area (Å²) >= 11 is 0. The van der Waals surface area contributed by atoms with Crippen LogP contribution in [0.1, 0.15) is 38.5 Å². The van der Waals surface area contributed by atoms with Crippen molar-refractivity contribution in [3.05, 3.63) is 12.7 Å². The van der Waals surface area contributed by atoms with E-state index < -0.39 is 13.6 Å². The molecule has 6 heteroatoms. The lowest BCUT2D eigenvalue weighted by molar-refractivity contribution is -0.137. The van der Waals surface area contributed by atoms with Gasteiger partial charge in [0, 0.05) is 12.2 Å². The van der Waals surface area contributed by atoms with E-state index in [1.54, 1.807) is 0 Å². The van der Waals surface area contributed by atoms with Crippen molar-refractivity contribution in [2.45, 2.75) is 38.5 Å². The smallest absolute Gasteiger partial charge is 0.330 e. The van der Waals surface area contributed by atoms with Crippen LogP contribution in [0.5, 0.6) is 0 Å². The third kappa shape index (κ3) is 13.3. The van der Waals surface area contributed by atoms with Gasteiger partial charge >= 0.3 is 13.6 Å². The van der Waals surface area contributed by atoms with Gasteiger partial charge < -0.3 is 14.5 Å². The second kappa shape index (κ2) is 9.40. The van der Waals surface area contributed by atoms with Crippen LogP contribution < -0.4 is 0 Å². The van der Waals surface area contributed by atoms with Gasteiger partial charge in [0.05, 0.1) is 6.61 Å². The summed E-state index contributed by atoms with van der Waals surface area (Å²) in [7, 11) is -3.81. The molecule has 0 amide bonds. The Morgan fingerprint density at radius 1 is 1.12 bits per heavy atom. The van der Waals surface area contributed by atoms with E-state index >= 15 is 0 Å². The zero-order chi connectivity index (χ0) is 13.1. The predicted molar refractivity (Wildman–Crippen MR) is 65.8 cm³/mol. The number of unbranched alkanes of at least 4 members (excludes halogenated alkanes) is 5. The number of carbonyl (C=O) groups is 1. The number of hydrogen-bond acceptors (Lipinski definition) is 3. The van der Waals surface area contributed by atoms with Crippen molar-refractivity contribution in [1.82, 2.24) is 0 Å². The molecule has 0 saturated carbocycles. The second-order valence-corrected chi connectivity index (χ2v) is 5.66. The van der Waals surface area contributed by atoms with Gasteiger partial charge in [-0.25, -0.2) is 4.79 Å². The van der Waals surface area contributed by atoms with E-state index in [-0.39, 0.29) is 6.16 Å². The van der Waals surface area contributed by atoms with Gasteiger partial charge in [-0.2, -0.15) is 0 Å². The molecular weight excluding hydrogens is 243 g/mol. The summed E-state index contributed by atoms with van der Waals surface area (Å²) in [6.07, 6.45) is 6.24. The number of ether oxygens (including phenoxy) is 1. The minimum atomic E-state index is -3.81. The summed E-state index contributed by atoms with van der Waals surface area (Å²) in [6, 6.07) is 0. The molecule has 5 nitrogen and oxygen atoms in total. The lowest BCUT2D eigenvalue weighted by atomic mass is 10.1. The fraction of sp³-hybridized carbons (Fsp3) is 0.727. The van der Waals surface area contributed by atoms with Crippen LogP contribution in [0.25, 0.3) is 0 Å². The van der Waals surface area contributed by atoms with E-state index in [1.165, 1.54) is 0 Å². The number of hydrogen-bond donors (Lipinski definition) is 2. The molecule has 0 aliphatic heterocycles. The number of rotatable bonds is 10. The standard InChI is InChI=1S/C11H21O5P/c1-2-11(12)16-9-7-5-3-4-6-8-10-17(13,14)15/h2H,1,3-10H2,(H2,13,14,15). The Labute approximate surface area is 102 Å². The lowest BCUT2D eigenvalue weighted by Crippen LogP contribution is -2.01. The molecule has 17 heavy (non-hydrogen) atoms. The molecule has 0 spiro atoms. The Bertz CT molecular complexity index is 271. The Morgan fingerprint density at radius 2 is 1.65 bits per heavy atom. The van der Waals surface area contributed by atoms with Crippen LogP contribution >= 0.6 is 7.60 Å². The van der Waals surface area contributed by atoms with Gasteiger partial charge in [-0.1, -0.05) is 32.3 Å². The fourth-order valence-corrected chi connectivity index (χ4v) is 1.99. The van der Waals surface area contributed by atoms with Gasteiger partial charge in [0.25, 0.3) is 0 Å². The first kappa shape index (κ1) is 16.4. The molecule has 100 valence electrons. The van der Waals surface area contributed by atoms with Crippen molar-refractivity contribution in [2.24, 2.45) is 0 Å². The molecule has 0 aromatic carbocycles. The molecule has 2 N–H and O–H groups in total. The number of carbonyl (C=O) groups excluding carboxylic acids is 1. The minimum Gasteiger partial charge on any atom is -0.463 e. The van der Waals surface area contributed by atoms with Crippen LogP contribution in [0.4, 0.5) is 0 Å². The summed E-state index contributed by atoms with van der Waals surface area (Å²) in [5.41, 5.74) is 0. The molecule has 0 rings (SSSR count). The molecule has 0 bridgehead atoms. The van der Waals surface area contributed by atoms with Crippen molar-refractivity contribution >= 4 is 13.6 Å². The normalized spacial score (nSPS) is 11.2. The van der Waals surface area contributed by atoms with Crippen molar-refractivity contribution < 1.29 is 23.9 Å². The Morgan fingerprint density at radius 3 is 2.18 bits per heavy atom. The molecule has 0 aliphatic rings. The molecular formula is C11H21O5P. The largest absolute Gasteiger partial charge is 0.463 e. The van der Waals surface area contributed by atoms with Gasteiger partial charge in [0.2, 0.25) is 0 Å². The molecule has 0 radical (unpaired) electrons. The van der Waals surface area contributed by atoms with Gasteiger partial charge in [-0.05, 0) is 12.8 Å². The lowest BCUT2D eigenvalue weighted by Gasteiger charge is -2.04. The van der Waals surface area contributed by atoms with Crippen LogP contribution in [0, 0.1) is 0 Å². The zero-order valence-corrected chi connectivity index (χ0v) is 10.9. The first-order valence-electron chi connectivity index (χ1n) is 5.79. The fourth-order valence-electron chi connectivity index (χ4n) is 1.36. The summed E-state index contributed by atoms with van der Waals surface area (Å²) < 4.78 is 15.3. The van der Waals surface area contributed by atoms with Crippen molar-refractivity contribution in [1.29, 1.82) is 0 Å². The Hall–Kier alpha value is -0.640. The van der Waals surface area contributed by atoms with Crippen LogP contribution in [-0.4, -0.2) is 28.5 Å². The Kier molecular flexibility index (Phi) is 9.04. The van der Waals surface area contributed by atoms with E-state index in [0.29, 0.717) is 13.0 Å². The predicted octanol–water partition coefficient (Wildman–Crippen LogP) is 2.23. The maximum Gasteiger partial charge on any atom is 0.330 e. The summed E-state index contributed by atoms with van der Waals surface area (Å²) in [6.45, 7) is 3.70. The van der Waals surface area contributed by atoms with Gasteiger partial charge in [-0.3, -0.25) is 4.57 Å². The maximum absolute atomic E-state index is 10.7. The summed E-state index contributed by atoms with van der Waals surface area (Å²) in [4.78, 5) is 27.9. The highest BCUT2D eigenvalue weighted by molar-refractivity contribution is 7.51. The molecule has 0 heterocycles. The topological polar surface area (TPSA) is 83.8 Å².